The third-order valence-corrected chi connectivity index (χ3v) is 3.78. The molecule has 0 aromatic heterocycles. The van der Waals surface area contributed by atoms with Crippen molar-refractivity contribution in [2.45, 2.75) is 25.9 Å². The summed E-state index contributed by atoms with van der Waals surface area (Å²) in [4.78, 5) is 37.8. The number of carbonyl (C=O) groups excluding carboxylic acids is 2. The number of amides is 2. The second-order valence-electron chi connectivity index (χ2n) is 5.21. The van der Waals surface area contributed by atoms with Crippen molar-refractivity contribution in [2.24, 2.45) is 0 Å². The molecule has 0 unspecified atom stereocenters. The number of nitrogens with zero attached hydrogens (tertiary/aromatic N) is 2. The minimum atomic E-state index is -1.06. The quantitative estimate of drug-likeness (QED) is 0.879. The van der Waals surface area contributed by atoms with Gasteiger partial charge in [-0.25, -0.2) is 0 Å². The normalized spacial score (nSPS) is 17.9. The Labute approximate surface area is 123 Å². The van der Waals surface area contributed by atoms with E-state index in [4.69, 9.17) is 5.11 Å². The van der Waals surface area contributed by atoms with Crippen molar-refractivity contribution >= 4 is 17.8 Å². The topological polar surface area (TPSA) is 77.9 Å². The van der Waals surface area contributed by atoms with Gasteiger partial charge < -0.3 is 14.9 Å². The molecule has 1 atom stereocenters. The number of carbonyl (C=O) groups is 3. The number of hydrogen-bond acceptors (Lipinski definition) is 3. The van der Waals surface area contributed by atoms with Crippen LogP contribution in [-0.2, 0) is 27.3 Å². The first kappa shape index (κ1) is 15.0. The molecule has 1 aromatic carbocycles. The average molecular weight is 290 g/mol. The Morgan fingerprint density at radius 3 is 2.52 bits per heavy atom. The van der Waals surface area contributed by atoms with Crippen LogP contribution in [0.4, 0.5) is 0 Å². The lowest BCUT2D eigenvalue weighted by Crippen LogP contribution is -2.49. The van der Waals surface area contributed by atoms with Gasteiger partial charge in [0.25, 0.3) is 0 Å². The van der Waals surface area contributed by atoms with E-state index < -0.39 is 12.0 Å². The van der Waals surface area contributed by atoms with E-state index in [1.54, 1.807) is 7.05 Å². The summed E-state index contributed by atoms with van der Waals surface area (Å²) in [5.41, 5.74) is 1.89. The van der Waals surface area contributed by atoms with Gasteiger partial charge in [0.1, 0.15) is 12.6 Å². The Balaban J connectivity index is 2.40. The monoisotopic (exact) mass is 290 g/mol. The Morgan fingerprint density at radius 1 is 1.33 bits per heavy atom. The van der Waals surface area contributed by atoms with Gasteiger partial charge in [0, 0.05) is 26.9 Å². The summed E-state index contributed by atoms with van der Waals surface area (Å²) in [6, 6.07) is 6.87. The van der Waals surface area contributed by atoms with Gasteiger partial charge in [-0.05, 0) is 11.1 Å². The number of hydrogen-bond donors (Lipinski definition) is 1. The highest BCUT2D eigenvalue weighted by Gasteiger charge is 2.33. The van der Waals surface area contributed by atoms with Gasteiger partial charge in [-0.1, -0.05) is 24.3 Å². The van der Waals surface area contributed by atoms with Crippen molar-refractivity contribution < 1.29 is 19.5 Å². The van der Waals surface area contributed by atoms with Crippen LogP contribution in [0.5, 0.6) is 0 Å². The van der Waals surface area contributed by atoms with E-state index in [0.29, 0.717) is 6.42 Å². The molecule has 0 fully saturated rings. The zero-order chi connectivity index (χ0) is 15.6. The van der Waals surface area contributed by atoms with Crippen molar-refractivity contribution in [1.29, 1.82) is 0 Å². The molecular formula is C15H18N2O4. The fraction of sp³-hybridized carbons (Fsp3) is 0.400. The Morgan fingerprint density at radius 2 is 1.95 bits per heavy atom. The van der Waals surface area contributed by atoms with E-state index in [9.17, 15) is 14.4 Å². The molecular weight excluding hydrogens is 272 g/mol. The summed E-state index contributed by atoms with van der Waals surface area (Å²) in [7, 11) is 1.57. The summed E-state index contributed by atoms with van der Waals surface area (Å²) in [5.74, 6) is -1.61. The molecule has 21 heavy (non-hydrogen) atoms. The molecule has 6 heteroatoms. The third kappa shape index (κ3) is 3.21. The molecule has 2 amide bonds. The standard InChI is InChI=1S/C15H18N2O4/c1-10(18)16(2)13-7-11-5-3-4-6-12(11)8-17(15(13)21)9-14(19)20/h3-6,13H,7-9H2,1-2H3,(H,19,20)/t13-/m0/s1. The lowest BCUT2D eigenvalue weighted by molar-refractivity contribution is -0.149. The molecule has 2 rings (SSSR count). The van der Waals surface area contributed by atoms with E-state index >= 15 is 0 Å². The van der Waals surface area contributed by atoms with Crippen LogP contribution < -0.4 is 0 Å². The van der Waals surface area contributed by atoms with Crippen LogP contribution in [0.15, 0.2) is 24.3 Å². The van der Waals surface area contributed by atoms with Gasteiger partial charge in [0.2, 0.25) is 11.8 Å². The van der Waals surface area contributed by atoms with Crippen LogP contribution >= 0.6 is 0 Å². The summed E-state index contributed by atoms with van der Waals surface area (Å²) in [5, 5.41) is 8.98. The molecule has 1 heterocycles. The predicted octanol–water partition coefficient (Wildman–Crippen LogP) is 0.503. The van der Waals surface area contributed by atoms with Gasteiger partial charge in [0.05, 0.1) is 0 Å². The van der Waals surface area contributed by atoms with Gasteiger partial charge >= 0.3 is 5.97 Å². The highest BCUT2D eigenvalue weighted by atomic mass is 16.4. The molecule has 0 bridgehead atoms. The van der Waals surface area contributed by atoms with E-state index in [0.717, 1.165) is 11.1 Å². The van der Waals surface area contributed by atoms with Crippen molar-refractivity contribution in [1.82, 2.24) is 9.80 Å². The zero-order valence-electron chi connectivity index (χ0n) is 12.1. The number of fused-ring (bicyclic) bond motifs is 1. The number of carboxylic acids is 1. The molecule has 112 valence electrons. The summed E-state index contributed by atoms with van der Waals surface area (Å²) in [6.07, 6.45) is 0.404. The smallest absolute Gasteiger partial charge is 0.323 e. The Bertz CT molecular complexity index is 585. The number of carboxylic acid groups (broad SMARTS) is 1. The van der Waals surface area contributed by atoms with E-state index in [2.05, 4.69) is 0 Å². The summed E-state index contributed by atoms with van der Waals surface area (Å²) >= 11 is 0. The van der Waals surface area contributed by atoms with Crippen LogP contribution in [0.3, 0.4) is 0 Å². The molecule has 1 aliphatic heterocycles. The van der Waals surface area contributed by atoms with Crippen LogP contribution in [0, 0.1) is 0 Å². The molecule has 6 nitrogen and oxygen atoms in total. The Kier molecular flexibility index (Phi) is 4.26. The largest absolute Gasteiger partial charge is 0.480 e. The zero-order valence-corrected chi connectivity index (χ0v) is 12.1. The maximum Gasteiger partial charge on any atom is 0.323 e. The van der Waals surface area contributed by atoms with E-state index in [1.807, 2.05) is 24.3 Å². The third-order valence-electron chi connectivity index (χ3n) is 3.78. The molecule has 1 aliphatic rings. The van der Waals surface area contributed by atoms with Crippen LogP contribution in [0.1, 0.15) is 18.1 Å². The van der Waals surface area contributed by atoms with Crippen molar-refractivity contribution in [3.8, 4) is 0 Å². The lowest BCUT2D eigenvalue weighted by atomic mass is 10.0. The van der Waals surface area contributed by atoms with Crippen molar-refractivity contribution in [2.75, 3.05) is 13.6 Å². The lowest BCUT2D eigenvalue weighted by Gasteiger charge is -2.28. The number of rotatable bonds is 3. The van der Waals surface area contributed by atoms with Gasteiger partial charge in [-0.2, -0.15) is 0 Å². The summed E-state index contributed by atoms with van der Waals surface area (Å²) < 4.78 is 0. The fourth-order valence-corrected chi connectivity index (χ4v) is 2.52. The number of aliphatic carboxylic acids is 1. The van der Waals surface area contributed by atoms with Gasteiger partial charge in [-0.3, -0.25) is 14.4 Å². The molecule has 1 N–H and O–H groups in total. The van der Waals surface area contributed by atoms with Gasteiger partial charge in [-0.15, -0.1) is 0 Å². The van der Waals surface area contributed by atoms with Crippen molar-refractivity contribution in [3.05, 3.63) is 35.4 Å². The first-order chi connectivity index (χ1) is 9.90. The number of benzene rings is 1. The van der Waals surface area contributed by atoms with Crippen molar-refractivity contribution in [3.63, 3.8) is 0 Å². The van der Waals surface area contributed by atoms with E-state index in [-0.39, 0.29) is 24.9 Å². The molecule has 1 aromatic rings. The first-order valence-electron chi connectivity index (χ1n) is 6.71. The van der Waals surface area contributed by atoms with Crippen LogP contribution in [0.2, 0.25) is 0 Å². The molecule has 0 saturated heterocycles. The SMILES string of the molecule is CC(=O)N(C)[C@H]1Cc2ccccc2CN(CC(=O)O)C1=O. The molecule has 0 spiro atoms. The minimum absolute atomic E-state index is 0.219. The average Bonchev–Trinajstić information content (AvgIpc) is 2.55. The molecule has 0 aliphatic carbocycles. The minimum Gasteiger partial charge on any atom is -0.480 e. The second-order valence-corrected chi connectivity index (χ2v) is 5.21. The van der Waals surface area contributed by atoms with Crippen LogP contribution in [-0.4, -0.2) is 52.3 Å². The highest BCUT2D eigenvalue weighted by Crippen LogP contribution is 2.22. The Hall–Kier alpha value is -2.37. The van der Waals surface area contributed by atoms with E-state index in [1.165, 1.54) is 16.7 Å². The maximum atomic E-state index is 12.6. The fourth-order valence-electron chi connectivity index (χ4n) is 2.52. The molecule has 0 saturated carbocycles. The van der Waals surface area contributed by atoms with Gasteiger partial charge in [0.15, 0.2) is 0 Å². The molecule has 0 radical (unpaired) electrons. The van der Waals surface area contributed by atoms with Crippen LogP contribution in [0.25, 0.3) is 0 Å². The number of likely N-dealkylation sites (N-methyl/N-ethyl adjacent to an activating group) is 1. The predicted molar refractivity (Wildman–Crippen MR) is 75.4 cm³/mol. The summed E-state index contributed by atoms with van der Waals surface area (Å²) in [6.45, 7) is 1.28. The first-order valence-corrected chi connectivity index (χ1v) is 6.71. The second kappa shape index (κ2) is 5.95. The highest BCUT2D eigenvalue weighted by molar-refractivity contribution is 5.89. The maximum absolute atomic E-state index is 12.6.